The first-order valence-corrected chi connectivity index (χ1v) is 5.59. The van der Waals surface area contributed by atoms with Crippen LogP contribution in [0.1, 0.15) is 20.3 Å². The molecule has 1 heterocycles. The number of hydrogen-bond acceptors (Lipinski definition) is 3. The summed E-state index contributed by atoms with van der Waals surface area (Å²) in [6.07, 6.45) is 6.42. The first-order chi connectivity index (χ1) is 7.61. The molecule has 1 rings (SSSR count). The Bertz CT molecular complexity index is 308. The highest BCUT2D eigenvalue weighted by atomic mass is 16.1. The van der Waals surface area contributed by atoms with Crippen molar-refractivity contribution in [2.75, 3.05) is 6.54 Å². The molecule has 1 aromatic rings. The monoisotopic (exact) mass is 224 g/mol. The van der Waals surface area contributed by atoms with Gasteiger partial charge in [0.05, 0.1) is 12.4 Å². The molecule has 0 bridgehead atoms. The van der Waals surface area contributed by atoms with E-state index in [4.69, 9.17) is 5.73 Å². The van der Waals surface area contributed by atoms with Gasteiger partial charge in [-0.2, -0.15) is 0 Å². The predicted molar refractivity (Wildman–Crippen MR) is 62.7 cm³/mol. The van der Waals surface area contributed by atoms with E-state index in [0.29, 0.717) is 0 Å². The van der Waals surface area contributed by atoms with Gasteiger partial charge in [-0.1, -0.05) is 13.8 Å². The van der Waals surface area contributed by atoms with Gasteiger partial charge in [0.15, 0.2) is 0 Å². The third kappa shape index (κ3) is 4.02. The summed E-state index contributed by atoms with van der Waals surface area (Å²) in [7, 11) is 0. The van der Waals surface area contributed by atoms with Crippen LogP contribution >= 0.6 is 0 Å². The lowest BCUT2D eigenvalue weighted by molar-refractivity contribution is -0.121. The number of nitrogens with two attached hydrogens (primary N) is 1. The Hall–Kier alpha value is -1.36. The summed E-state index contributed by atoms with van der Waals surface area (Å²) in [5.74, 6) is -0.0524. The predicted octanol–water partition coefficient (Wildman–Crippen LogP) is 0.373. The van der Waals surface area contributed by atoms with Crippen LogP contribution < -0.4 is 11.1 Å². The second-order valence-electron chi connectivity index (χ2n) is 4.23. The highest BCUT2D eigenvalue weighted by molar-refractivity contribution is 5.80. The zero-order valence-electron chi connectivity index (χ0n) is 9.89. The summed E-state index contributed by atoms with van der Waals surface area (Å²) >= 11 is 0. The lowest BCUT2D eigenvalue weighted by atomic mass is 10.0. The molecular weight excluding hydrogens is 204 g/mol. The van der Waals surface area contributed by atoms with Crippen LogP contribution in [0.3, 0.4) is 0 Å². The van der Waals surface area contributed by atoms with Gasteiger partial charge in [-0.05, 0) is 18.9 Å². The van der Waals surface area contributed by atoms with Crippen LogP contribution in [0.5, 0.6) is 0 Å². The molecule has 90 valence electrons. The van der Waals surface area contributed by atoms with Gasteiger partial charge in [0.1, 0.15) is 0 Å². The van der Waals surface area contributed by atoms with Gasteiger partial charge in [0.25, 0.3) is 0 Å². The largest absolute Gasteiger partial charge is 0.368 e. The van der Waals surface area contributed by atoms with Crippen LogP contribution in [0.2, 0.25) is 0 Å². The van der Waals surface area contributed by atoms with Crippen LogP contribution in [0.15, 0.2) is 18.7 Å². The van der Waals surface area contributed by atoms with Crippen molar-refractivity contribution in [2.45, 2.75) is 32.9 Å². The third-order valence-electron chi connectivity index (χ3n) is 2.49. The zero-order chi connectivity index (χ0) is 12.0. The number of primary amides is 1. The standard InChI is InChI=1S/C11H20N4O/c1-9(2)10(11(12)16)14-4-3-6-15-7-5-13-8-15/h5,7-10,14H,3-4,6H2,1-2H3,(H2,12,16). The van der Waals surface area contributed by atoms with Gasteiger partial charge in [0, 0.05) is 18.9 Å². The highest BCUT2D eigenvalue weighted by Gasteiger charge is 2.17. The van der Waals surface area contributed by atoms with E-state index in [1.807, 2.05) is 24.6 Å². The smallest absolute Gasteiger partial charge is 0.234 e. The number of carbonyl (C=O) groups is 1. The minimum Gasteiger partial charge on any atom is -0.368 e. The molecule has 0 radical (unpaired) electrons. The van der Waals surface area contributed by atoms with Gasteiger partial charge in [-0.3, -0.25) is 4.79 Å². The highest BCUT2D eigenvalue weighted by Crippen LogP contribution is 2.00. The molecule has 0 aliphatic rings. The minimum atomic E-state index is -0.280. The van der Waals surface area contributed by atoms with Gasteiger partial charge < -0.3 is 15.6 Å². The van der Waals surface area contributed by atoms with E-state index in [0.717, 1.165) is 19.5 Å². The van der Waals surface area contributed by atoms with Gasteiger partial charge in [-0.25, -0.2) is 4.98 Å². The van der Waals surface area contributed by atoms with Gasteiger partial charge in [0.2, 0.25) is 5.91 Å². The fourth-order valence-electron chi connectivity index (χ4n) is 1.60. The van der Waals surface area contributed by atoms with Crippen molar-refractivity contribution in [3.05, 3.63) is 18.7 Å². The molecule has 16 heavy (non-hydrogen) atoms. The van der Waals surface area contributed by atoms with E-state index in [-0.39, 0.29) is 17.9 Å². The van der Waals surface area contributed by atoms with Crippen molar-refractivity contribution in [3.63, 3.8) is 0 Å². The number of carbonyl (C=O) groups excluding carboxylic acids is 1. The average Bonchev–Trinajstić information content (AvgIpc) is 2.68. The van der Waals surface area contributed by atoms with E-state index < -0.39 is 0 Å². The number of hydrogen-bond donors (Lipinski definition) is 2. The van der Waals surface area contributed by atoms with Crippen molar-refractivity contribution in [1.29, 1.82) is 0 Å². The van der Waals surface area contributed by atoms with Crippen LogP contribution in [0, 0.1) is 5.92 Å². The van der Waals surface area contributed by atoms with Gasteiger partial charge >= 0.3 is 0 Å². The molecule has 0 fully saturated rings. The summed E-state index contributed by atoms with van der Waals surface area (Å²) in [6.45, 7) is 5.65. The van der Waals surface area contributed by atoms with Gasteiger partial charge in [-0.15, -0.1) is 0 Å². The molecule has 0 aliphatic heterocycles. The number of rotatable bonds is 7. The maximum atomic E-state index is 11.1. The quantitative estimate of drug-likeness (QED) is 0.657. The number of aromatic nitrogens is 2. The molecule has 0 saturated carbocycles. The third-order valence-corrected chi connectivity index (χ3v) is 2.49. The van der Waals surface area contributed by atoms with Crippen molar-refractivity contribution >= 4 is 5.91 Å². The molecule has 1 unspecified atom stereocenters. The molecule has 5 heteroatoms. The Morgan fingerprint density at radius 1 is 1.56 bits per heavy atom. The summed E-state index contributed by atoms with van der Waals surface area (Å²) < 4.78 is 2.01. The lowest BCUT2D eigenvalue weighted by Gasteiger charge is -2.18. The SMILES string of the molecule is CC(C)C(NCCCn1ccnc1)C(N)=O. The molecule has 3 N–H and O–H groups in total. The normalized spacial score (nSPS) is 12.9. The number of amides is 1. The maximum absolute atomic E-state index is 11.1. The topological polar surface area (TPSA) is 72.9 Å². The number of nitrogens with one attached hydrogen (secondary N) is 1. The second-order valence-corrected chi connectivity index (χ2v) is 4.23. The van der Waals surface area contributed by atoms with Crippen molar-refractivity contribution in [2.24, 2.45) is 11.7 Å². The van der Waals surface area contributed by atoms with Crippen molar-refractivity contribution in [3.8, 4) is 0 Å². The molecule has 5 nitrogen and oxygen atoms in total. The van der Waals surface area contributed by atoms with E-state index >= 15 is 0 Å². The minimum absolute atomic E-state index is 0.228. The first kappa shape index (κ1) is 12.7. The summed E-state index contributed by atoms with van der Waals surface area (Å²) in [5, 5.41) is 3.17. The van der Waals surface area contributed by atoms with E-state index in [9.17, 15) is 4.79 Å². The second kappa shape index (κ2) is 6.27. The molecule has 1 amide bonds. The van der Waals surface area contributed by atoms with Crippen molar-refractivity contribution in [1.82, 2.24) is 14.9 Å². The Balaban J connectivity index is 2.21. The van der Waals surface area contributed by atoms with Crippen molar-refractivity contribution < 1.29 is 4.79 Å². The Kier molecular flexibility index (Phi) is 4.98. The lowest BCUT2D eigenvalue weighted by Crippen LogP contribution is -2.45. The van der Waals surface area contributed by atoms with E-state index in [1.54, 1.807) is 12.5 Å². The maximum Gasteiger partial charge on any atom is 0.234 e. The molecule has 0 aliphatic carbocycles. The van der Waals surface area contributed by atoms with Crippen LogP contribution in [0.4, 0.5) is 0 Å². The Morgan fingerprint density at radius 2 is 2.31 bits per heavy atom. The number of nitrogens with zero attached hydrogens (tertiary/aromatic N) is 2. The Labute approximate surface area is 96.0 Å². The van der Waals surface area contributed by atoms with Crippen LogP contribution in [0.25, 0.3) is 0 Å². The molecule has 0 saturated heterocycles. The molecular formula is C11H20N4O. The van der Waals surface area contributed by atoms with E-state index in [1.165, 1.54) is 0 Å². The number of imidazole rings is 1. The average molecular weight is 224 g/mol. The fourth-order valence-corrected chi connectivity index (χ4v) is 1.60. The number of aryl methyl sites for hydroxylation is 1. The summed E-state index contributed by atoms with van der Waals surface area (Å²) in [4.78, 5) is 15.1. The van der Waals surface area contributed by atoms with Crippen LogP contribution in [-0.4, -0.2) is 28.0 Å². The Morgan fingerprint density at radius 3 is 2.81 bits per heavy atom. The summed E-state index contributed by atoms with van der Waals surface area (Å²) in [6, 6.07) is -0.234. The van der Waals surface area contributed by atoms with Crippen LogP contribution in [-0.2, 0) is 11.3 Å². The summed E-state index contributed by atoms with van der Waals surface area (Å²) in [5.41, 5.74) is 5.30. The molecule has 0 spiro atoms. The molecule has 1 aromatic heterocycles. The van der Waals surface area contributed by atoms with E-state index in [2.05, 4.69) is 10.3 Å². The molecule has 0 aromatic carbocycles. The zero-order valence-corrected chi connectivity index (χ0v) is 9.89. The first-order valence-electron chi connectivity index (χ1n) is 5.59. The molecule has 1 atom stereocenters. The fraction of sp³-hybridized carbons (Fsp3) is 0.636.